The number of aryl methyl sites for hydroxylation is 1. The molecule has 0 radical (unpaired) electrons. The molecule has 0 aliphatic heterocycles. The van der Waals surface area contributed by atoms with Crippen LogP contribution in [0.3, 0.4) is 0 Å². The zero-order valence-corrected chi connectivity index (χ0v) is 12.1. The highest BCUT2D eigenvalue weighted by molar-refractivity contribution is 5.84. The average molecular weight is 278 g/mol. The van der Waals surface area contributed by atoms with Gasteiger partial charge in [0.15, 0.2) is 0 Å². The molecule has 4 N–H and O–H groups in total. The van der Waals surface area contributed by atoms with Gasteiger partial charge in [-0.1, -0.05) is 32.9 Å². The van der Waals surface area contributed by atoms with Crippen LogP contribution in [0.1, 0.15) is 32.8 Å². The molecule has 20 heavy (non-hydrogen) atoms. The topological polar surface area (TPSA) is 92.4 Å². The van der Waals surface area contributed by atoms with E-state index in [0.717, 1.165) is 5.56 Å². The van der Waals surface area contributed by atoms with E-state index < -0.39 is 17.4 Å². The molecule has 0 heterocycles. The van der Waals surface area contributed by atoms with Gasteiger partial charge in [0.25, 0.3) is 0 Å². The minimum atomic E-state index is -1.02. The van der Waals surface area contributed by atoms with Gasteiger partial charge in [-0.25, -0.2) is 4.79 Å². The standard InChI is InChI=1S/C15H22N2O3/c1-15(2,3)13(14(19)20)17-12(18)8-7-10-5-4-6-11(16)9-10/h4-6,9,13H,7-8,16H2,1-3H3,(H,17,18)(H,19,20)/t13-/m1/s1. The maximum absolute atomic E-state index is 11.9. The number of carbonyl (C=O) groups is 2. The lowest BCUT2D eigenvalue weighted by Gasteiger charge is -2.27. The molecule has 0 fully saturated rings. The molecular weight excluding hydrogens is 256 g/mol. The highest BCUT2D eigenvalue weighted by atomic mass is 16.4. The number of carbonyl (C=O) groups excluding carboxylic acids is 1. The fourth-order valence-electron chi connectivity index (χ4n) is 1.89. The van der Waals surface area contributed by atoms with Crippen LogP contribution >= 0.6 is 0 Å². The van der Waals surface area contributed by atoms with Gasteiger partial charge in [-0.05, 0) is 29.5 Å². The SMILES string of the molecule is CC(C)(C)[C@H](NC(=O)CCc1cccc(N)c1)C(=O)O. The zero-order chi connectivity index (χ0) is 15.3. The van der Waals surface area contributed by atoms with Crippen molar-refractivity contribution >= 4 is 17.6 Å². The van der Waals surface area contributed by atoms with E-state index in [2.05, 4.69) is 5.32 Å². The molecule has 0 bridgehead atoms. The summed E-state index contributed by atoms with van der Waals surface area (Å²) in [6.45, 7) is 5.35. The first kappa shape index (κ1) is 16.0. The third-order valence-corrected chi connectivity index (χ3v) is 3.01. The first-order valence-corrected chi connectivity index (χ1v) is 6.57. The predicted octanol–water partition coefficient (Wildman–Crippen LogP) is 1.82. The second kappa shape index (κ2) is 6.41. The first-order chi connectivity index (χ1) is 9.20. The molecule has 1 amide bonds. The molecular formula is C15H22N2O3. The Kier molecular flexibility index (Phi) is 5.13. The number of hydrogen-bond acceptors (Lipinski definition) is 3. The van der Waals surface area contributed by atoms with Crippen molar-refractivity contribution in [3.63, 3.8) is 0 Å². The number of benzene rings is 1. The van der Waals surface area contributed by atoms with Crippen molar-refractivity contribution < 1.29 is 14.7 Å². The fourth-order valence-corrected chi connectivity index (χ4v) is 1.89. The van der Waals surface area contributed by atoms with Crippen LogP contribution in [0.15, 0.2) is 24.3 Å². The lowest BCUT2D eigenvalue weighted by Crippen LogP contribution is -2.49. The molecule has 0 aliphatic carbocycles. The summed E-state index contributed by atoms with van der Waals surface area (Å²) in [6.07, 6.45) is 0.774. The molecule has 0 unspecified atom stereocenters. The summed E-state index contributed by atoms with van der Waals surface area (Å²) in [5.74, 6) is -1.29. The Balaban J connectivity index is 2.57. The lowest BCUT2D eigenvalue weighted by atomic mass is 9.86. The number of hydrogen-bond donors (Lipinski definition) is 3. The molecule has 1 rings (SSSR count). The van der Waals surface area contributed by atoms with Gasteiger partial charge in [-0.15, -0.1) is 0 Å². The van der Waals surface area contributed by atoms with Crippen LogP contribution < -0.4 is 11.1 Å². The number of carboxylic acids is 1. The molecule has 1 aromatic rings. The Morgan fingerprint density at radius 1 is 1.35 bits per heavy atom. The van der Waals surface area contributed by atoms with Crippen LogP contribution in [0, 0.1) is 5.41 Å². The highest BCUT2D eigenvalue weighted by Gasteiger charge is 2.32. The van der Waals surface area contributed by atoms with Crippen LogP contribution in [-0.2, 0) is 16.0 Å². The third kappa shape index (κ3) is 4.91. The number of amides is 1. The molecule has 5 nitrogen and oxygen atoms in total. The van der Waals surface area contributed by atoms with Crippen molar-refractivity contribution in [1.29, 1.82) is 0 Å². The molecule has 0 spiro atoms. The largest absolute Gasteiger partial charge is 0.480 e. The second-order valence-corrected chi connectivity index (χ2v) is 5.95. The maximum atomic E-state index is 11.9. The summed E-state index contributed by atoms with van der Waals surface area (Å²) in [4.78, 5) is 23.0. The molecule has 0 saturated carbocycles. The molecule has 1 atom stereocenters. The van der Waals surface area contributed by atoms with E-state index in [4.69, 9.17) is 10.8 Å². The number of nitrogens with one attached hydrogen (secondary N) is 1. The smallest absolute Gasteiger partial charge is 0.326 e. The van der Waals surface area contributed by atoms with Crippen molar-refractivity contribution in [3.8, 4) is 0 Å². The van der Waals surface area contributed by atoms with Crippen molar-refractivity contribution in [2.24, 2.45) is 5.41 Å². The Morgan fingerprint density at radius 3 is 2.50 bits per heavy atom. The Labute approximate surface area is 119 Å². The Hall–Kier alpha value is -2.04. The normalized spacial score (nSPS) is 12.8. The van der Waals surface area contributed by atoms with E-state index in [9.17, 15) is 9.59 Å². The van der Waals surface area contributed by atoms with Gasteiger partial charge in [0, 0.05) is 12.1 Å². The summed E-state index contributed by atoms with van der Waals surface area (Å²) >= 11 is 0. The van der Waals surface area contributed by atoms with Gasteiger partial charge in [0.2, 0.25) is 5.91 Å². The highest BCUT2D eigenvalue weighted by Crippen LogP contribution is 2.19. The van der Waals surface area contributed by atoms with Crippen LogP contribution in [0.25, 0.3) is 0 Å². The number of anilines is 1. The van der Waals surface area contributed by atoms with E-state index in [1.54, 1.807) is 26.8 Å². The van der Waals surface area contributed by atoms with E-state index in [0.29, 0.717) is 12.1 Å². The summed E-state index contributed by atoms with van der Waals surface area (Å²) in [5, 5.41) is 11.7. The van der Waals surface area contributed by atoms with Crippen LogP contribution in [0.5, 0.6) is 0 Å². The third-order valence-electron chi connectivity index (χ3n) is 3.01. The van der Waals surface area contributed by atoms with Crippen molar-refractivity contribution in [3.05, 3.63) is 29.8 Å². The number of carboxylic acid groups (broad SMARTS) is 1. The molecule has 0 aromatic heterocycles. The van der Waals surface area contributed by atoms with E-state index >= 15 is 0 Å². The van der Waals surface area contributed by atoms with Gasteiger partial charge in [0.1, 0.15) is 6.04 Å². The zero-order valence-electron chi connectivity index (χ0n) is 12.1. The quantitative estimate of drug-likeness (QED) is 0.716. The summed E-state index contributed by atoms with van der Waals surface area (Å²) in [7, 11) is 0. The van der Waals surface area contributed by atoms with E-state index in [1.165, 1.54) is 0 Å². The number of nitrogens with two attached hydrogens (primary N) is 1. The summed E-state index contributed by atoms with van der Waals surface area (Å²) < 4.78 is 0. The van der Waals surface area contributed by atoms with Crippen LogP contribution in [-0.4, -0.2) is 23.0 Å². The van der Waals surface area contributed by atoms with Gasteiger partial charge in [-0.3, -0.25) is 4.79 Å². The molecule has 110 valence electrons. The van der Waals surface area contributed by atoms with Gasteiger partial charge < -0.3 is 16.2 Å². The Morgan fingerprint density at radius 2 is 2.00 bits per heavy atom. The van der Waals surface area contributed by atoms with Crippen molar-refractivity contribution in [2.75, 3.05) is 5.73 Å². The van der Waals surface area contributed by atoms with Crippen molar-refractivity contribution in [1.82, 2.24) is 5.32 Å². The molecule has 0 aliphatic rings. The van der Waals surface area contributed by atoms with Gasteiger partial charge in [-0.2, -0.15) is 0 Å². The van der Waals surface area contributed by atoms with Crippen LogP contribution in [0.2, 0.25) is 0 Å². The average Bonchev–Trinajstić information content (AvgIpc) is 2.31. The predicted molar refractivity (Wildman–Crippen MR) is 78.2 cm³/mol. The number of nitrogen functional groups attached to an aromatic ring is 1. The monoisotopic (exact) mass is 278 g/mol. The minimum absolute atomic E-state index is 0.239. The fraction of sp³-hybridized carbons (Fsp3) is 0.467. The van der Waals surface area contributed by atoms with E-state index in [-0.39, 0.29) is 12.3 Å². The molecule has 0 saturated heterocycles. The minimum Gasteiger partial charge on any atom is -0.480 e. The van der Waals surface area contributed by atoms with Crippen LogP contribution in [0.4, 0.5) is 5.69 Å². The Bertz CT molecular complexity index is 492. The lowest BCUT2D eigenvalue weighted by molar-refractivity contribution is -0.144. The summed E-state index contributed by atoms with van der Waals surface area (Å²) in [6, 6.07) is 6.42. The maximum Gasteiger partial charge on any atom is 0.326 e. The summed E-state index contributed by atoms with van der Waals surface area (Å²) in [5.41, 5.74) is 6.75. The van der Waals surface area contributed by atoms with E-state index in [1.807, 2.05) is 18.2 Å². The molecule has 5 heteroatoms. The van der Waals surface area contributed by atoms with Gasteiger partial charge in [0.05, 0.1) is 0 Å². The second-order valence-electron chi connectivity index (χ2n) is 5.95. The number of rotatable bonds is 5. The number of aliphatic carboxylic acids is 1. The van der Waals surface area contributed by atoms with Gasteiger partial charge >= 0.3 is 5.97 Å². The molecule has 1 aromatic carbocycles. The van der Waals surface area contributed by atoms with Crippen molar-refractivity contribution in [2.45, 2.75) is 39.7 Å². The first-order valence-electron chi connectivity index (χ1n) is 6.57.